The molecule has 0 N–H and O–H groups in total. The van der Waals surface area contributed by atoms with Crippen LogP contribution in [0.15, 0.2) is 0 Å². The fourth-order valence-electron chi connectivity index (χ4n) is 0.204. The molecule has 0 heterocycles. The zero-order chi connectivity index (χ0) is 6.83. The van der Waals surface area contributed by atoms with E-state index in [0.29, 0.717) is 0 Å². The number of ether oxygens (including phenoxy) is 1. The Labute approximate surface area is 71.3 Å². The molecule has 0 aromatic heterocycles. The minimum atomic E-state index is 0. The van der Waals surface area contributed by atoms with Crippen molar-refractivity contribution in [3.63, 3.8) is 0 Å². The summed E-state index contributed by atoms with van der Waals surface area (Å²) in [5, 5.41) is 0. The van der Waals surface area contributed by atoms with Gasteiger partial charge in [-0.15, -0.1) is 0 Å². The SMILES string of the molecule is CCOCC.C[CH-]C.[Li+]. The average molecular weight is 124 g/mol. The first-order chi connectivity index (χ1) is 3.83. The molecule has 0 rings (SSSR count). The summed E-state index contributed by atoms with van der Waals surface area (Å²) in [7, 11) is 0. The molecule has 0 unspecified atom stereocenters. The molecule has 0 aliphatic heterocycles. The molecule has 0 aliphatic rings. The smallest absolute Gasteiger partial charge is 0.382 e. The standard InChI is InChI=1S/C4H10O.C3H7.Li/c1-3-5-4-2;1-3-2;/h3-4H2,1-2H3;3H,1-2H3;/q;-1;+1. The Kier molecular flexibility index (Phi) is 42.6. The van der Waals surface area contributed by atoms with Gasteiger partial charge >= 0.3 is 18.9 Å². The van der Waals surface area contributed by atoms with Gasteiger partial charge in [0.25, 0.3) is 0 Å². The summed E-state index contributed by atoms with van der Waals surface area (Å²) in [4.78, 5) is 0. The first-order valence-corrected chi connectivity index (χ1v) is 3.15. The van der Waals surface area contributed by atoms with Gasteiger partial charge in [-0.3, -0.25) is 0 Å². The Morgan fingerprint density at radius 3 is 1.33 bits per heavy atom. The summed E-state index contributed by atoms with van der Waals surface area (Å²) in [5.74, 6) is 0. The van der Waals surface area contributed by atoms with Crippen LogP contribution in [-0.2, 0) is 4.74 Å². The van der Waals surface area contributed by atoms with Gasteiger partial charge in [-0.25, -0.2) is 0 Å². The van der Waals surface area contributed by atoms with Crippen molar-refractivity contribution < 1.29 is 23.6 Å². The van der Waals surface area contributed by atoms with E-state index in [4.69, 9.17) is 4.74 Å². The van der Waals surface area contributed by atoms with Crippen LogP contribution in [0.1, 0.15) is 27.7 Å². The molecule has 0 aromatic rings. The van der Waals surface area contributed by atoms with E-state index >= 15 is 0 Å². The van der Waals surface area contributed by atoms with Crippen molar-refractivity contribution in [3.8, 4) is 0 Å². The molecule has 0 saturated carbocycles. The van der Waals surface area contributed by atoms with Crippen LogP contribution in [0.4, 0.5) is 0 Å². The first kappa shape index (κ1) is 16.3. The second-order valence-corrected chi connectivity index (χ2v) is 1.36. The molecule has 1 nitrogen and oxygen atoms in total. The van der Waals surface area contributed by atoms with Gasteiger partial charge < -0.3 is 11.2 Å². The minimum Gasteiger partial charge on any atom is -0.382 e. The summed E-state index contributed by atoms with van der Waals surface area (Å²) in [6.07, 6.45) is 2.00. The predicted molar refractivity (Wildman–Crippen MR) is 37.8 cm³/mol. The van der Waals surface area contributed by atoms with Gasteiger partial charge in [-0.1, -0.05) is 0 Å². The molecular weight excluding hydrogens is 107 g/mol. The number of hydrogen-bond donors (Lipinski definition) is 0. The molecule has 0 aromatic carbocycles. The summed E-state index contributed by atoms with van der Waals surface area (Å²) in [6.45, 7) is 9.67. The topological polar surface area (TPSA) is 9.23 Å². The maximum atomic E-state index is 4.83. The fraction of sp³-hybridized carbons (Fsp3) is 0.857. The van der Waals surface area contributed by atoms with Gasteiger partial charge in [0.05, 0.1) is 0 Å². The second-order valence-electron chi connectivity index (χ2n) is 1.36. The van der Waals surface area contributed by atoms with Crippen LogP contribution in [0.25, 0.3) is 0 Å². The Hall–Kier alpha value is 0.557. The van der Waals surface area contributed by atoms with E-state index in [-0.39, 0.29) is 18.9 Å². The molecule has 0 aliphatic carbocycles. The zero-order valence-corrected chi connectivity index (χ0v) is 7.40. The maximum absolute atomic E-state index is 4.83. The largest absolute Gasteiger partial charge is 1.00 e. The van der Waals surface area contributed by atoms with Crippen LogP contribution in [-0.4, -0.2) is 13.2 Å². The monoisotopic (exact) mass is 124 g/mol. The van der Waals surface area contributed by atoms with Crippen LogP contribution in [0.5, 0.6) is 0 Å². The summed E-state index contributed by atoms with van der Waals surface area (Å²) >= 11 is 0. The minimum absolute atomic E-state index is 0. The molecule has 9 heavy (non-hydrogen) atoms. The number of hydrogen-bond acceptors (Lipinski definition) is 1. The van der Waals surface area contributed by atoms with E-state index in [0.717, 1.165) is 13.2 Å². The molecule has 0 bridgehead atoms. The van der Waals surface area contributed by atoms with E-state index in [1.807, 2.05) is 34.1 Å². The Balaban J connectivity index is -0.0000000800. The summed E-state index contributed by atoms with van der Waals surface area (Å²) in [6, 6.07) is 0. The summed E-state index contributed by atoms with van der Waals surface area (Å²) < 4.78 is 4.83. The van der Waals surface area contributed by atoms with Gasteiger partial charge in [-0.2, -0.15) is 13.8 Å². The van der Waals surface area contributed by atoms with Crippen molar-refractivity contribution in [2.75, 3.05) is 13.2 Å². The molecule has 0 fully saturated rings. The van der Waals surface area contributed by atoms with Crippen molar-refractivity contribution >= 4 is 0 Å². The average Bonchev–Trinajstić information content (AvgIpc) is 1.71. The van der Waals surface area contributed by atoms with E-state index in [2.05, 4.69) is 0 Å². The van der Waals surface area contributed by atoms with E-state index in [9.17, 15) is 0 Å². The predicted octanol–water partition coefficient (Wildman–Crippen LogP) is -0.723. The molecule has 0 atom stereocenters. The zero-order valence-electron chi connectivity index (χ0n) is 7.40. The van der Waals surface area contributed by atoms with E-state index in [1.165, 1.54) is 0 Å². The van der Waals surface area contributed by atoms with Crippen LogP contribution >= 0.6 is 0 Å². The van der Waals surface area contributed by atoms with Crippen molar-refractivity contribution in [2.24, 2.45) is 0 Å². The van der Waals surface area contributed by atoms with Crippen LogP contribution in [0.2, 0.25) is 0 Å². The van der Waals surface area contributed by atoms with Crippen molar-refractivity contribution in [1.29, 1.82) is 0 Å². The van der Waals surface area contributed by atoms with Crippen molar-refractivity contribution in [1.82, 2.24) is 0 Å². The van der Waals surface area contributed by atoms with Crippen LogP contribution in [0.3, 0.4) is 0 Å². The Morgan fingerprint density at radius 1 is 1.11 bits per heavy atom. The third-order valence-electron chi connectivity index (χ3n) is 0.408. The van der Waals surface area contributed by atoms with Gasteiger partial charge in [0, 0.05) is 13.2 Å². The van der Waals surface area contributed by atoms with Crippen molar-refractivity contribution in [3.05, 3.63) is 6.42 Å². The second kappa shape index (κ2) is 23.5. The quantitative estimate of drug-likeness (QED) is 0.348. The van der Waals surface area contributed by atoms with Crippen molar-refractivity contribution in [2.45, 2.75) is 27.7 Å². The molecule has 0 radical (unpaired) electrons. The molecular formula is C7H17LiO. The van der Waals surface area contributed by atoms with E-state index < -0.39 is 0 Å². The van der Waals surface area contributed by atoms with Crippen LogP contribution < -0.4 is 18.9 Å². The van der Waals surface area contributed by atoms with Gasteiger partial charge in [0.2, 0.25) is 0 Å². The third kappa shape index (κ3) is 56.3. The molecule has 2 heteroatoms. The fourth-order valence-corrected chi connectivity index (χ4v) is 0.204. The van der Waals surface area contributed by atoms with Gasteiger partial charge in [0.1, 0.15) is 0 Å². The molecule has 0 saturated heterocycles. The first-order valence-electron chi connectivity index (χ1n) is 3.15. The normalized spacial score (nSPS) is 6.67. The molecule has 0 spiro atoms. The Bertz CT molecular complexity index is 22.9. The number of rotatable bonds is 2. The summed E-state index contributed by atoms with van der Waals surface area (Å²) in [5.41, 5.74) is 0. The molecule has 52 valence electrons. The van der Waals surface area contributed by atoms with Gasteiger partial charge in [0.15, 0.2) is 0 Å². The van der Waals surface area contributed by atoms with E-state index in [1.54, 1.807) is 0 Å². The third-order valence-corrected chi connectivity index (χ3v) is 0.408. The van der Waals surface area contributed by atoms with Crippen LogP contribution in [0, 0.1) is 6.42 Å². The van der Waals surface area contributed by atoms with Gasteiger partial charge in [-0.05, 0) is 13.8 Å². The Morgan fingerprint density at radius 2 is 1.33 bits per heavy atom. The maximum Gasteiger partial charge on any atom is 1.00 e. The molecule has 0 amide bonds.